The highest BCUT2D eigenvalue weighted by Gasteiger charge is 2.23. The number of rotatable bonds is 6. The van der Waals surface area contributed by atoms with Crippen molar-refractivity contribution in [3.63, 3.8) is 0 Å². The summed E-state index contributed by atoms with van der Waals surface area (Å²) in [4.78, 5) is 7.22. The van der Waals surface area contributed by atoms with Crippen LogP contribution in [0.15, 0.2) is 4.99 Å². The third-order valence-electron chi connectivity index (χ3n) is 3.41. The Labute approximate surface area is 117 Å². The normalized spacial score (nSPS) is 18.2. The van der Waals surface area contributed by atoms with Gasteiger partial charge in [0.25, 0.3) is 0 Å². The van der Waals surface area contributed by atoms with E-state index in [-0.39, 0.29) is 0 Å². The fourth-order valence-corrected chi connectivity index (χ4v) is 2.35. The molecule has 0 bridgehead atoms. The molecule has 1 atom stereocenters. The maximum atomic E-state index is 5.43. The topological polar surface area (TPSA) is 48.9 Å². The first-order valence-corrected chi connectivity index (χ1v) is 7.53. The molecule has 0 aromatic carbocycles. The largest absolute Gasteiger partial charge is 0.379 e. The van der Waals surface area contributed by atoms with Gasteiger partial charge in [0.1, 0.15) is 0 Å². The standard InChI is InChI=1S/C14H30N4O/c1-5-15-14(16-6-2)17-11-13(12(3)4)18-7-9-19-10-8-18/h12-13H,5-11H2,1-4H3,(H2,15,16,17)/t13-/m1/s1. The van der Waals surface area contributed by atoms with Crippen LogP contribution >= 0.6 is 0 Å². The number of nitrogens with zero attached hydrogens (tertiary/aromatic N) is 2. The number of hydrogen-bond acceptors (Lipinski definition) is 3. The molecule has 1 fully saturated rings. The molecule has 5 nitrogen and oxygen atoms in total. The second-order valence-electron chi connectivity index (χ2n) is 5.21. The van der Waals surface area contributed by atoms with E-state index in [1.54, 1.807) is 0 Å². The van der Waals surface area contributed by atoms with Crippen LogP contribution in [0.25, 0.3) is 0 Å². The van der Waals surface area contributed by atoms with Crippen LogP contribution in [0.4, 0.5) is 0 Å². The van der Waals surface area contributed by atoms with E-state index in [0.717, 1.165) is 51.9 Å². The van der Waals surface area contributed by atoms with Crippen molar-refractivity contribution in [1.29, 1.82) is 0 Å². The summed E-state index contributed by atoms with van der Waals surface area (Å²) in [7, 11) is 0. The molecule has 5 heteroatoms. The summed E-state index contributed by atoms with van der Waals surface area (Å²) in [6.07, 6.45) is 0. The van der Waals surface area contributed by atoms with Crippen LogP contribution in [0.5, 0.6) is 0 Å². The van der Waals surface area contributed by atoms with Gasteiger partial charge >= 0.3 is 0 Å². The summed E-state index contributed by atoms with van der Waals surface area (Å²) in [5, 5.41) is 6.55. The molecular weight excluding hydrogens is 240 g/mol. The lowest BCUT2D eigenvalue weighted by Crippen LogP contribution is -2.48. The van der Waals surface area contributed by atoms with E-state index < -0.39 is 0 Å². The van der Waals surface area contributed by atoms with Gasteiger partial charge in [-0.15, -0.1) is 0 Å². The minimum Gasteiger partial charge on any atom is -0.379 e. The summed E-state index contributed by atoms with van der Waals surface area (Å²) in [5.41, 5.74) is 0. The molecule has 0 spiro atoms. The molecular formula is C14H30N4O. The summed E-state index contributed by atoms with van der Waals surface area (Å²) >= 11 is 0. The van der Waals surface area contributed by atoms with Gasteiger partial charge in [0.2, 0.25) is 0 Å². The first-order valence-electron chi connectivity index (χ1n) is 7.53. The Kier molecular flexibility index (Phi) is 7.82. The molecule has 0 amide bonds. The molecule has 1 rings (SSSR count). The predicted octanol–water partition coefficient (Wildman–Crippen LogP) is 0.918. The van der Waals surface area contributed by atoms with E-state index >= 15 is 0 Å². The average Bonchev–Trinajstić information content (AvgIpc) is 2.40. The lowest BCUT2D eigenvalue weighted by molar-refractivity contribution is 0.00867. The molecule has 0 aliphatic carbocycles. The Hall–Kier alpha value is -0.810. The minimum atomic E-state index is 0.496. The van der Waals surface area contributed by atoms with Crippen LogP contribution in [0.3, 0.4) is 0 Å². The van der Waals surface area contributed by atoms with Gasteiger partial charge in [0.15, 0.2) is 5.96 Å². The molecule has 1 aliphatic heterocycles. The van der Waals surface area contributed by atoms with Gasteiger partial charge in [-0.25, -0.2) is 0 Å². The molecule has 2 N–H and O–H groups in total. The van der Waals surface area contributed by atoms with Gasteiger partial charge in [-0.1, -0.05) is 13.8 Å². The zero-order chi connectivity index (χ0) is 14.1. The van der Waals surface area contributed by atoms with Gasteiger partial charge in [-0.3, -0.25) is 9.89 Å². The monoisotopic (exact) mass is 270 g/mol. The molecule has 1 saturated heterocycles. The lowest BCUT2D eigenvalue weighted by atomic mass is 10.0. The van der Waals surface area contributed by atoms with Gasteiger partial charge in [-0.2, -0.15) is 0 Å². The van der Waals surface area contributed by atoms with Crippen LogP contribution in [0.1, 0.15) is 27.7 Å². The number of guanidine groups is 1. The van der Waals surface area contributed by atoms with E-state index in [2.05, 4.69) is 43.2 Å². The zero-order valence-corrected chi connectivity index (χ0v) is 12.9. The summed E-state index contributed by atoms with van der Waals surface area (Å²) in [6.45, 7) is 15.1. The molecule has 0 aromatic rings. The maximum absolute atomic E-state index is 5.43. The minimum absolute atomic E-state index is 0.496. The van der Waals surface area contributed by atoms with Crippen LogP contribution < -0.4 is 10.6 Å². The van der Waals surface area contributed by atoms with Crippen molar-refractivity contribution in [1.82, 2.24) is 15.5 Å². The summed E-state index contributed by atoms with van der Waals surface area (Å²) < 4.78 is 5.43. The second-order valence-corrected chi connectivity index (χ2v) is 5.21. The van der Waals surface area contributed by atoms with Crippen LogP contribution in [-0.4, -0.2) is 62.8 Å². The third-order valence-corrected chi connectivity index (χ3v) is 3.41. The fraction of sp³-hybridized carbons (Fsp3) is 0.929. The van der Waals surface area contributed by atoms with Crippen molar-refractivity contribution >= 4 is 5.96 Å². The van der Waals surface area contributed by atoms with Crippen molar-refractivity contribution in [3.8, 4) is 0 Å². The van der Waals surface area contributed by atoms with Crippen molar-refractivity contribution in [3.05, 3.63) is 0 Å². The smallest absolute Gasteiger partial charge is 0.191 e. The molecule has 0 aromatic heterocycles. The van der Waals surface area contributed by atoms with E-state index in [4.69, 9.17) is 9.73 Å². The molecule has 1 heterocycles. The highest BCUT2D eigenvalue weighted by Crippen LogP contribution is 2.13. The molecule has 0 unspecified atom stereocenters. The molecule has 0 radical (unpaired) electrons. The highest BCUT2D eigenvalue weighted by molar-refractivity contribution is 5.79. The maximum Gasteiger partial charge on any atom is 0.191 e. The second kappa shape index (κ2) is 9.15. The first-order chi connectivity index (χ1) is 9.19. The average molecular weight is 270 g/mol. The quantitative estimate of drug-likeness (QED) is 0.556. The Bertz CT molecular complexity index is 254. The van der Waals surface area contributed by atoms with Gasteiger partial charge < -0.3 is 15.4 Å². The van der Waals surface area contributed by atoms with Gasteiger partial charge in [0.05, 0.1) is 19.8 Å². The fourth-order valence-electron chi connectivity index (χ4n) is 2.35. The predicted molar refractivity (Wildman–Crippen MR) is 80.7 cm³/mol. The van der Waals surface area contributed by atoms with E-state index in [9.17, 15) is 0 Å². The van der Waals surface area contributed by atoms with Crippen molar-refractivity contribution < 1.29 is 4.74 Å². The van der Waals surface area contributed by atoms with Crippen molar-refractivity contribution in [2.75, 3.05) is 45.9 Å². The third kappa shape index (κ3) is 5.78. The van der Waals surface area contributed by atoms with E-state index in [1.165, 1.54) is 0 Å². The Morgan fingerprint density at radius 3 is 2.21 bits per heavy atom. The number of morpholine rings is 1. The molecule has 112 valence electrons. The first kappa shape index (κ1) is 16.2. The Morgan fingerprint density at radius 2 is 1.74 bits per heavy atom. The van der Waals surface area contributed by atoms with Crippen molar-refractivity contribution in [2.45, 2.75) is 33.7 Å². The Morgan fingerprint density at radius 1 is 1.16 bits per heavy atom. The number of ether oxygens (including phenoxy) is 1. The van der Waals surface area contributed by atoms with E-state index in [0.29, 0.717) is 12.0 Å². The van der Waals surface area contributed by atoms with Gasteiger partial charge in [0, 0.05) is 32.2 Å². The number of nitrogens with one attached hydrogen (secondary N) is 2. The van der Waals surface area contributed by atoms with Gasteiger partial charge in [-0.05, 0) is 19.8 Å². The Balaban J connectivity index is 2.58. The van der Waals surface area contributed by atoms with E-state index in [1.807, 2.05) is 0 Å². The molecule has 1 aliphatic rings. The van der Waals surface area contributed by atoms with Crippen LogP contribution in [0, 0.1) is 5.92 Å². The lowest BCUT2D eigenvalue weighted by Gasteiger charge is -2.36. The number of hydrogen-bond donors (Lipinski definition) is 2. The zero-order valence-electron chi connectivity index (χ0n) is 12.9. The molecule has 0 saturated carbocycles. The molecule has 19 heavy (non-hydrogen) atoms. The highest BCUT2D eigenvalue weighted by atomic mass is 16.5. The number of aliphatic imine (C=N–C) groups is 1. The van der Waals surface area contributed by atoms with Crippen LogP contribution in [-0.2, 0) is 4.74 Å². The summed E-state index contributed by atoms with van der Waals surface area (Å²) in [5.74, 6) is 1.52. The SMILES string of the molecule is CCNC(=NC[C@H](C(C)C)N1CCOCC1)NCC. The summed E-state index contributed by atoms with van der Waals surface area (Å²) in [6, 6.07) is 0.496. The van der Waals surface area contributed by atoms with Crippen LogP contribution in [0.2, 0.25) is 0 Å². The van der Waals surface area contributed by atoms with Crippen molar-refractivity contribution in [2.24, 2.45) is 10.9 Å².